The number of nitrogens with zero attached hydrogens (tertiary/aromatic N) is 2. The number of carbonyl (C=O) groups excluding carboxylic acids is 1. The summed E-state index contributed by atoms with van der Waals surface area (Å²) < 4.78 is 5.81. The number of aromatic nitrogens is 1. The average Bonchev–Trinajstić information content (AvgIpc) is 3.05. The van der Waals surface area contributed by atoms with E-state index in [2.05, 4.69) is 11.1 Å². The van der Waals surface area contributed by atoms with Crippen LogP contribution in [0.3, 0.4) is 0 Å². The molecular weight excluding hydrogens is 380 g/mol. The molecule has 4 rings (SSSR count). The van der Waals surface area contributed by atoms with Crippen molar-refractivity contribution in [3.8, 4) is 11.3 Å². The van der Waals surface area contributed by atoms with Gasteiger partial charge in [0.1, 0.15) is 0 Å². The molecule has 0 N–H and O–H groups in total. The largest absolute Gasteiger partial charge is 0.441 e. The summed E-state index contributed by atoms with van der Waals surface area (Å²) >= 11 is 8.02. The van der Waals surface area contributed by atoms with Crippen molar-refractivity contribution in [1.82, 2.24) is 4.98 Å². The Kier molecular flexibility index (Phi) is 5.50. The lowest BCUT2D eigenvalue weighted by Gasteiger charge is -2.22. The zero-order valence-electron chi connectivity index (χ0n) is 14.7. The van der Waals surface area contributed by atoms with Gasteiger partial charge in [-0.3, -0.25) is 4.79 Å². The first-order chi connectivity index (χ1) is 13.2. The number of fused-ring (bicyclic) bond motifs is 1. The summed E-state index contributed by atoms with van der Waals surface area (Å²) in [5, 5.41) is 0.620. The van der Waals surface area contributed by atoms with E-state index >= 15 is 0 Å². The molecule has 3 aromatic rings. The first-order valence-corrected chi connectivity index (χ1v) is 10.3. The molecule has 1 aromatic heterocycles. The maximum Gasteiger partial charge on any atom is 0.227 e. The van der Waals surface area contributed by atoms with Gasteiger partial charge in [-0.25, -0.2) is 4.98 Å². The third kappa shape index (κ3) is 4.04. The lowest BCUT2D eigenvalue weighted by Crippen LogP contribution is -2.32. The Hall–Kier alpha value is -2.24. The van der Waals surface area contributed by atoms with Crippen LogP contribution < -0.4 is 4.90 Å². The SMILES string of the molecule is O=C(CCc1ncc(-c2ccccc2Cl)o1)N1CCCSc2ccccc21. The number of rotatable bonds is 4. The Balaban J connectivity index is 1.45. The van der Waals surface area contributed by atoms with E-state index in [9.17, 15) is 4.79 Å². The Labute approximate surface area is 167 Å². The van der Waals surface area contributed by atoms with Crippen molar-refractivity contribution >= 4 is 35.0 Å². The average molecular weight is 399 g/mol. The van der Waals surface area contributed by atoms with Crippen molar-refractivity contribution in [2.24, 2.45) is 0 Å². The number of oxazole rings is 1. The fourth-order valence-corrected chi connectivity index (χ4v) is 4.37. The Bertz CT molecular complexity index is 957. The number of hydrogen-bond donors (Lipinski definition) is 0. The minimum atomic E-state index is 0.0995. The maximum atomic E-state index is 12.8. The monoisotopic (exact) mass is 398 g/mol. The summed E-state index contributed by atoms with van der Waals surface area (Å²) in [6, 6.07) is 15.6. The molecule has 0 unspecified atom stereocenters. The lowest BCUT2D eigenvalue weighted by atomic mass is 10.2. The third-order valence-electron chi connectivity index (χ3n) is 4.49. The van der Waals surface area contributed by atoms with E-state index < -0.39 is 0 Å². The number of hydrogen-bond acceptors (Lipinski definition) is 4. The summed E-state index contributed by atoms with van der Waals surface area (Å²) in [5.41, 5.74) is 1.82. The normalized spacial score (nSPS) is 13.9. The molecule has 0 radical (unpaired) electrons. The van der Waals surface area contributed by atoms with Gasteiger partial charge in [-0.1, -0.05) is 35.9 Å². The first kappa shape index (κ1) is 18.1. The van der Waals surface area contributed by atoms with Crippen LogP contribution in [0, 0.1) is 0 Å². The minimum absolute atomic E-state index is 0.0995. The van der Waals surface area contributed by atoms with Gasteiger partial charge >= 0.3 is 0 Å². The lowest BCUT2D eigenvalue weighted by molar-refractivity contribution is -0.118. The molecule has 0 spiro atoms. The minimum Gasteiger partial charge on any atom is -0.441 e. The maximum absolute atomic E-state index is 12.8. The number of halogens is 1. The number of para-hydroxylation sites is 1. The zero-order chi connectivity index (χ0) is 18.6. The van der Waals surface area contributed by atoms with Crippen molar-refractivity contribution in [1.29, 1.82) is 0 Å². The van der Waals surface area contributed by atoms with Crippen molar-refractivity contribution < 1.29 is 9.21 Å². The number of amides is 1. The van der Waals surface area contributed by atoms with Crippen LogP contribution in [0.4, 0.5) is 5.69 Å². The van der Waals surface area contributed by atoms with Crippen molar-refractivity contribution in [2.45, 2.75) is 24.2 Å². The fourth-order valence-electron chi connectivity index (χ4n) is 3.15. The second kappa shape index (κ2) is 8.19. The van der Waals surface area contributed by atoms with Crippen molar-refractivity contribution in [3.05, 3.63) is 65.6 Å². The van der Waals surface area contributed by atoms with E-state index in [4.69, 9.17) is 16.0 Å². The molecule has 2 aromatic carbocycles. The molecule has 4 nitrogen and oxygen atoms in total. The van der Waals surface area contributed by atoms with Crippen LogP contribution in [0.15, 0.2) is 64.0 Å². The molecule has 0 saturated carbocycles. The van der Waals surface area contributed by atoms with Gasteiger partial charge < -0.3 is 9.32 Å². The number of benzene rings is 2. The highest BCUT2D eigenvalue weighted by Gasteiger charge is 2.21. The van der Waals surface area contributed by atoms with Crippen molar-refractivity contribution in [3.63, 3.8) is 0 Å². The quantitative estimate of drug-likeness (QED) is 0.585. The molecule has 1 aliphatic heterocycles. The van der Waals surface area contributed by atoms with Gasteiger partial charge in [0.2, 0.25) is 5.91 Å². The highest BCUT2D eigenvalue weighted by atomic mass is 35.5. The van der Waals surface area contributed by atoms with Gasteiger partial charge in [0.15, 0.2) is 11.7 Å². The highest BCUT2D eigenvalue weighted by Crippen LogP contribution is 2.34. The number of anilines is 1. The summed E-state index contributed by atoms with van der Waals surface area (Å²) in [4.78, 5) is 20.2. The molecule has 2 heterocycles. The molecule has 1 amide bonds. The van der Waals surface area contributed by atoms with Crippen LogP contribution in [-0.4, -0.2) is 23.2 Å². The van der Waals surface area contributed by atoms with E-state index in [-0.39, 0.29) is 5.91 Å². The molecule has 138 valence electrons. The summed E-state index contributed by atoms with van der Waals surface area (Å²) in [7, 11) is 0. The smallest absolute Gasteiger partial charge is 0.227 e. The van der Waals surface area contributed by atoms with Crippen molar-refractivity contribution in [2.75, 3.05) is 17.2 Å². The number of aryl methyl sites for hydroxylation is 1. The van der Waals surface area contributed by atoms with Crippen LogP contribution >= 0.6 is 23.4 Å². The molecule has 0 aliphatic carbocycles. The Morgan fingerprint density at radius 1 is 1.19 bits per heavy atom. The van der Waals surface area contributed by atoms with E-state index in [0.29, 0.717) is 29.5 Å². The molecule has 0 fully saturated rings. The summed E-state index contributed by atoms with van der Waals surface area (Å²) in [6.45, 7) is 0.749. The number of thioether (sulfide) groups is 1. The Morgan fingerprint density at radius 2 is 2.00 bits per heavy atom. The summed E-state index contributed by atoms with van der Waals surface area (Å²) in [6.07, 6.45) is 3.48. The molecule has 27 heavy (non-hydrogen) atoms. The highest BCUT2D eigenvalue weighted by molar-refractivity contribution is 7.99. The van der Waals surface area contributed by atoms with Gasteiger partial charge in [0.05, 0.1) is 16.9 Å². The van der Waals surface area contributed by atoms with Gasteiger partial charge in [-0.05, 0) is 36.4 Å². The zero-order valence-corrected chi connectivity index (χ0v) is 16.3. The van der Waals surface area contributed by atoms with E-state index in [1.807, 2.05) is 59.1 Å². The van der Waals surface area contributed by atoms with E-state index in [1.165, 1.54) is 4.90 Å². The van der Waals surface area contributed by atoms with Crippen LogP contribution in [0.1, 0.15) is 18.7 Å². The molecule has 0 atom stereocenters. The first-order valence-electron chi connectivity index (χ1n) is 8.94. The van der Waals surface area contributed by atoms with Crippen LogP contribution in [-0.2, 0) is 11.2 Å². The third-order valence-corrected chi connectivity index (χ3v) is 5.96. The molecule has 0 saturated heterocycles. The summed E-state index contributed by atoms with van der Waals surface area (Å²) in [5.74, 6) is 2.31. The van der Waals surface area contributed by atoms with E-state index in [1.54, 1.807) is 6.20 Å². The van der Waals surface area contributed by atoms with E-state index in [0.717, 1.165) is 30.0 Å². The second-order valence-electron chi connectivity index (χ2n) is 6.31. The second-order valence-corrected chi connectivity index (χ2v) is 7.86. The van der Waals surface area contributed by atoms with Crippen LogP contribution in [0.25, 0.3) is 11.3 Å². The molecule has 0 bridgehead atoms. The Morgan fingerprint density at radius 3 is 2.89 bits per heavy atom. The molecule has 6 heteroatoms. The van der Waals surface area contributed by atoms with Gasteiger partial charge in [-0.2, -0.15) is 0 Å². The fraction of sp³-hybridized carbons (Fsp3) is 0.238. The standard InChI is InChI=1S/C21H19ClN2O2S/c22-16-7-2-1-6-15(16)18-14-23-20(26-18)10-11-21(25)24-12-5-13-27-19-9-4-3-8-17(19)24/h1-4,6-9,14H,5,10-13H2. The van der Waals surface area contributed by atoms with Crippen LogP contribution in [0.5, 0.6) is 0 Å². The number of carbonyl (C=O) groups is 1. The molecule has 1 aliphatic rings. The van der Waals surface area contributed by atoms with Gasteiger partial charge in [0, 0.05) is 29.8 Å². The predicted molar refractivity (Wildman–Crippen MR) is 109 cm³/mol. The van der Waals surface area contributed by atoms with Gasteiger partial charge in [0.25, 0.3) is 0 Å². The van der Waals surface area contributed by atoms with Gasteiger partial charge in [-0.15, -0.1) is 11.8 Å². The molecular formula is C21H19ClN2O2S. The van der Waals surface area contributed by atoms with Crippen LogP contribution in [0.2, 0.25) is 5.02 Å². The topological polar surface area (TPSA) is 46.3 Å². The predicted octanol–water partition coefficient (Wildman–Crippen LogP) is 5.46.